The Morgan fingerprint density at radius 3 is 2.36 bits per heavy atom. The molecule has 0 fully saturated rings. The fraction of sp³-hybridized carbons (Fsp3) is 0.0625. The van der Waals surface area contributed by atoms with Crippen LogP contribution < -0.4 is 0 Å². The van der Waals surface area contributed by atoms with Crippen molar-refractivity contribution in [1.29, 1.82) is 0 Å². The number of rotatable bonds is 3. The minimum absolute atomic E-state index is 0.543. The van der Waals surface area contributed by atoms with Crippen LogP contribution in [0.4, 0.5) is 0 Å². The van der Waals surface area contributed by atoms with Crippen LogP contribution in [0.25, 0.3) is 11.3 Å². The van der Waals surface area contributed by atoms with E-state index in [1.165, 1.54) is 0 Å². The van der Waals surface area contributed by atoms with E-state index in [1.54, 1.807) is 36.5 Å². The smallest absolute Gasteiger partial charge is 0.111 e. The normalized spacial score (nSPS) is 10.9. The molecule has 3 aromatic rings. The average molecular weight is 372 g/mol. The lowest BCUT2D eigenvalue weighted by atomic mass is 10.1. The molecule has 2 nitrogen and oxygen atoms in total. The molecule has 0 radical (unpaired) electrons. The van der Waals surface area contributed by atoms with E-state index in [0.717, 1.165) is 11.4 Å². The summed E-state index contributed by atoms with van der Waals surface area (Å²) in [7, 11) is 0. The zero-order chi connectivity index (χ0) is 15.7. The van der Waals surface area contributed by atoms with Crippen molar-refractivity contribution in [2.45, 2.75) is 6.42 Å². The van der Waals surface area contributed by atoms with Gasteiger partial charge in [-0.05, 0) is 35.9 Å². The second-order valence-corrected chi connectivity index (χ2v) is 6.40. The van der Waals surface area contributed by atoms with E-state index in [4.69, 9.17) is 46.4 Å². The Kier molecular flexibility index (Phi) is 4.65. The maximum absolute atomic E-state index is 6.20. The average Bonchev–Trinajstić information content (AvgIpc) is 2.91. The summed E-state index contributed by atoms with van der Waals surface area (Å²) in [6.45, 7) is 0. The van der Waals surface area contributed by atoms with E-state index >= 15 is 0 Å². The second kappa shape index (κ2) is 6.51. The first kappa shape index (κ1) is 15.7. The Hall–Kier alpha value is -1.19. The van der Waals surface area contributed by atoms with Crippen LogP contribution in [0.15, 0.2) is 42.6 Å². The summed E-state index contributed by atoms with van der Waals surface area (Å²) in [6, 6.07) is 10.7. The molecule has 0 bridgehead atoms. The van der Waals surface area contributed by atoms with Crippen LogP contribution >= 0.6 is 46.4 Å². The lowest BCUT2D eigenvalue weighted by molar-refractivity contribution is 1.03. The molecule has 0 aliphatic heterocycles. The first-order chi connectivity index (χ1) is 10.5. The van der Waals surface area contributed by atoms with Crippen LogP contribution in [0.3, 0.4) is 0 Å². The summed E-state index contributed by atoms with van der Waals surface area (Å²) < 4.78 is 0. The molecule has 1 aromatic heterocycles. The summed E-state index contributed by atoms with van der Waals surface area (Å²) in [4.78, 5) is 7.67. The van der Waals surface area contributed by atoms with Crippen LogP contribution in [0.1, 0.15) is 11.4 Å². The molecule has 0 saturated heterocycles. The summed E-state index contributed by atoms with van der Waals surface area (Å²) >= 11 is 24.6. The van der Waals surface area contributed by atoms with Gasteiger partial charge in [0, 0.05) is 28.2 Å². The zero-order valence-corrected chi connectivity index (χ0v) is 14.2. The summed E-state index contributed by atoms with van der Waals surface area (Å²) in [5.74, 6) is 0.759. The molecule has 0 amide bonds. The fourth-order valence-corrected chi connectivity index (χ4v) is 3.15. The molecule has 1 heterocycles. The number of hydrogen-bond acceptors (Lipinski definition) is 1. The number of benzene rings is 2. The number of halogens is 4. The molecule has 0 saturated carbocycles. The fourth-order valence-electron chi connectivity index (χ4n) is 2.18. The van der Waals surface area contributed by atoms with E-state index in [9.17, 15) is 0 Å². The van der Waals surface area contributed by atoms with Crippen molar-refractivity contribution < 1.29 is 0 Å². The SMILES string of the molecule is Clc1ccc(Cl)c(Cc2nc(-c3c(Cl)cccc3Cl)c[nH]2)c1. The third-order valence-corrected chi connectivity index (χ3v) is 4.45. The number of H-pyrrole nitrogens is 1. The third kappa shape index (κ3) is 3.26. The number of aromatic amines is 1. The molecular weight excluding hydrogens is 362 g/mol. The molecule has 3 rings (SSSR count). The molecule has 0 aliphatic carbocycles. The molecule has 112 valence electrons. The molecule has 1 N–H and O–H groups in total. The number of nitrogens with zero attached hydrogens (tertiary/aromatic N) is 1. The monoisotopic (exact) mass is 370 g/mol. The van der Waals surface area contributed by atoms with Crippen molar-refractivity contribution in [3.05, 3.63) is 74.1 Å². The molecule has 2 aromatic carbocycles. The highest BCUT2D eigenvalue weighted by molar-refractivity contribution is 6.39. The lowest BCUT2D eigenvalue weighted by Gasteiger charge is -2.04. The summed E-state index contributed by atoms with van der Waals surface area (Å²) in [5, 5.41) is 2.41. The molecule has 0 atom stereocenters. The summed E-state index contributed by atoms with van der Waals surface area (Å²) in [5.41, 5.74) is 2.31. The van der Waals surface area contributed by atoms with Crippen molar-refractivity contribution in [1.82, 2.24) is 9.97 Å². The van der Waals surface area contributed by atoms with Gasteiger partial charge in [-0.3, -0.25) is 0 Å². The Morgan fingerprint density at radius 2 is 1.64 bits per heavy atom. The van der Waals surface area contributed by atoms with E-state index < -0.39 is 0 Å². The highest BCUT2D eigenvalue weighted by Gasteiger charge is 2.12. The molecule has 22 heavy (non-hydrogen) atoms. The van der Waals surface area contributed by atoms with E-state index in [0.29, 0.717) is 37.8 Å². The Balaban J connectivity index is 1.93. The minimum Gasteiger partial charge on any atom is -0.348 e. The van der Waals surface area contributed by atoms with Gasteiger partial charge in [0.1, 0.15) is 5.82 Å². The van der Waals surface area contributed by atoms with Crippen molar-refractivity contribution in [2.75, 3.05) is 0 Å². The van der Waals surface area contributed by atoms with Crippen LogP contribution in [-0.2, 0) is 6.42 Å². The van der Waals surface area contributed by atoms with Gasteiger partial charge < -0.3 is 4.98 Å². The first-order valence-electron chi connectivity index (χ1n) is 6.47. The van der Waals surface area contributed by atoms with Crippen LogP contribution in [-0.4, -0.2) is 9.97 Å². The van der Waals surface area contributed by atoms with E-state index in [-0.39, 0.29) is 0 Å². The quantitative estimate of drug-likeness (QED) is 0.576. The summed E-state index contributed by atoms with van der Waals surface area (Å²) in [6.07, 6.45) is 2.32. The zero-order valence-electron chi connectivity index (χ0n) is 11.2. The number of imidazole rings is 1. The first-order valence-corrected chi connectivity index (χ1v) is 7.98. The maximum Gasteiger partial charge on any atom is 0.111 e. The Morgan fingerprint density at radius 1 is 0.909 bits per heavy atom. The van der Waals surface area contributed by atoms with Crippen molar-refractivity contribution in [3.63, 3.8) is 0 Å². The molecule has 0 spiro atoms. The third-order valence-electron chi connectivity index (χ3n) is 3.22. The van der Waals surface area contributed by atoms with Crippen molar-refractivity contribution >= 4 is 46.4 Å². The minimum atomic E-state index is 0.543. The topological polar surface area (TPSA) is 28.7 Å². The molecule has 0 aliphatic rings. The highest BCUT2D eigenvalue weighted by atomic mass is 35.5. The van der Waals surface area contributed by atoms with Gasteiger partial charge in [0.05, 0.1) is 15.7 Å². The number of aromatic nitrogens is 2. The maximum atomic E-state index is 6.20. The van der Waals surface area contributed by atoms with E-state index in [2.05, 4.69) is 9.97 Å². The van der Waals surface area contributed by atoms with E-state index in [1.807, 2.05) is 6.07 Å². The van der Waals surface area contributed by atoms with Gasteiger partial charge in [-0.1, -0.05) is 52.5 Å². The van der Waals surface area contributed by atoms with Gasteiger partial charge in [0.15, 0.2) is 0 Å². The van der Waals surface area contributed by atoms with Crippen molar-refractivity contribution in [3.8, 4) is 11.3 Å². The van der Waals surface area contributed by atoms with Crippen LogP contribution in [0.2, 0.25) is 20.1 Å². The van der Waals surface area contributed by atoms with Crippen molar-refractivity contribution in [2.24, 2.45) is 0 Å². The standard InChI is InChI=1S/C16H10Cl4N2/c17-10-4-5-11(18)9(6-10)7-15-21-8-14(22-15)16-12(19)2-1-3-13(16)20/h1-6,8H,7H2,(H,21,22). The van der Waals surface area contributed by atoms with Gasteiger partial charge in [0.25, 0.3) is 0 Å². The van der Waals surface area contributed by atoms with Crippen LogP contribution in [0, 0.1) is 0 Å². The van der Waals surface area contributed by atoms with Gasteiger partial charge in [-0.25, -0.2) is 4.98 Å². The predicted octanol–water partition coefficient (Wildman–Crippen LogP) is 6.28. The lowest BCUT2D eigenvalue weighted by Crippen LogP contribution is -1.92. The van der Waals surface area contributed by atoms with Gasteiger partial charge in [-0.2, -0.15) is 0 Å². The highest BCUT2D eigenvalue weighted by Crippen LogP contribution is 2.33. The van der Waals surface area contributed by atoms with Gasteiger partial charge in [-0.15, -0.1) is 0 Å². The van der Waals surface area contributed by atoms with Gasteiger partial charge in [0.2, 0.25) is 0 Å². The number of hydrogen-bond donors (Lipinski definition) is 1. The Bertz CT molecular complexity index is 807. The van der Waals surface area contributed by atoms with Crippen LogP contribution in [0.5, 0.6) is 0 Å². The largest absolute Gasteiger partial charge is 0.348 e. The second-order valence-electron chi connectivity index (χ2n) is 4.74. The number of nitrogens with one attached hydrogen (secondary N) is 1. The molecule has 0 unspecified atom stereocenters. The van der Waals surface area contributed by atoms with Gasteiger partial charge >= 0.3 is 0 Å². The molecule has 6 heteroatoms. The molecular formula is C16H10Cl4N2. The Labute approximate surface area is 148 Å². The predicted molar refractivity (Wildman–Crippen MR) is 93.3 cm³/mol.